The van der Waals surface area contributed by atoms with Crippen LogP contribution in [0.4, 0.5) is 5.69 Å². The first-order chi connectivity index (χ1) is 15.4. The van der Waals surface area contributed by atoms with E-state index in [1.807, 2.05) is 68.5 Å². The van der Waals surface area contributed by atoms with Crippen LogP contribution in [0.5, 0.6) is 0 Å². The lowest BCUT2D eigenvalue weighted by atomic mass is 10.0. The molecule has 0 saturated carbocycles. The van der Waals surface area contributed by atoms with E-state index in [1.54, 1.807) is 42.6 Å². The third kappa shape index (κ3) is 5.16. The normalized spacial score (nSPS) is 16.3. The summed E-state index contributed by atoms with van der Waals surface area (Å²) in [5.74, 6) is 0.359. The van der Waals surface area contributed by atoms with Gasteiger partial charge >= 0.3 is 0 Å². The number of halogens is 1. The summed E-state index contributed by atoms with van der Waals surface area (Å²) in [6.07, 6.45) is 5.18. The minimum atomic E-state index is -0.825. The lowest BCUT2D eigenvalue weighted by molar-refractivity contribution is -0.149. The van der Waals surface area contributed by atoms with Gasteiger partial charge in [0.1, 0.15) is 11.5 Å². The molecular formula is C27H22ClNO3. The number of benzene rings is 3. The zero-order valence-corrected chi connectivity index (χ0v) is 18.5. The predicted molar refractivity (Wildman–Crippen MR) is 128 cm³/mol. The summed E-state index contributed by atoms with van der Waals surface area (Å²) >= 11 is 6.15. The van der Waals surface area contributed by atoms with Crippen molar-refractivity contribution in [3.63, 3.8) is 0 Å². The van der Waals surface area contributed by atoms with Gasteiger partial charge in [0, 0.05) is 47.9 Å². The van der Waals surface area contributed by atoms with Gasteiger partial charge in [-0.15, -0.1) is 0 Å². The van der Waals surface area contributed by atoms with Crippen LogP contribution in [0.15, 0.2) is 102 Å². The summed E-state index contributed by atoms with van der Waals surface area (Å²) in [6.45, 7) is 3.70. The molecule has 1 aliphatic rings. The molecule has 0 spiro atoms. The maximum atomic E-state index is 13.0. The lowest BCUT2D eigenvalue weighted by Gasteiger charge is -2.33. The van der Waals surface area contributed by atoms with Crippen molar-refractivity contribution < 1.29 is 14.3 Å². The van der Waals surface area contributed by atoms with Crippen LogP contribution in [0.1, 0.15) is 35.3 Å². The van der Waals surface area contributed by atoms with Gasteiger partial charge in [0.15, 0.2) is 5.78 Å². The van der Waals surface area contributed by atoms with E-state index in [4.69, 9.17) is 21.1 Å². The fourth-order valence-electron chi connectivity index (χ4n) is 3.32. The smallest absolute Gasteiger partial charge is 0.245 e. The largest absolute Gasteiger partial charge is 0.453 e. The van der Waals surface area contributed by atoms with Crippen LogP contribution >= 0.6 is 11.6 Å². The molecule has 32 heavy (non-hydrogen) atoms. The molecule has 0 aliphatic carbocycles. The monoisotopic (exact) mass is 443 g/mol. The number of carbonyl (C=O) groups is 1. The first-order valence-electron chi connectivity index (χ1n) is 10.2. The number of allylic oxidation sites excluding steroid dienone is 2. The molecule has 0 amide bonds. The van der Waals surface area contributed by atoms with Gasteiger partial charge in [0.2, 0.25) is 5.79 Å². The summed E-state index contributed by atoms with van der Waals surface area (Å²) in [4.78, 5) is 17.5. The van der Waals surface area contributed by atoms with E-state index in [0.717, 1.165) is 5.56 Å². The Kier molecular flexibility index (Phi) is 6.24. The fourth-order valence-corrected chi connectivity index (χ4v) is 3.50. The predicted octanol–water partition coefficient (Wildman–Crippen LogP) is 6.98. The van der Waals surface area contributed by atoms with Gasteiger partial charge in [-0.1, -0.05) is 72.3 Å². The highest BCUT2D eigenvalue weighted by molar-refractivity contribution is 6.31. The number of aliphatic imine (C=N–C) groups is 1. The number of hydrogen-bond acceptors (Lipinski definition) is 4. The Hall–Kier alpha value is -3.63. The average Bonchev–Trinajstić information content (AvgIpc) is 2.79. The minimum Gasteiger partial charge on any atom is -0.453 e. The fraction of sp³-hybridized carbons (Fsp3) is 0.111. The van der Waals surface area contributed by atoms with Gasteiger partial charge < -0.3 is 9.47 Å². The topological polar surface area (TPSA) is 47.9 Å². The minimum absolute atomic E-state index is 0.136. The maximum absolute atomic E-state index is 13.0. The van der Waals surface area contributed by atoms with Gasteiger partial charge in [0.25, 0.3) is 0 Å². The lowest BCUT2D eigenvalue weighted by Crippen LogP contribution is -2.30. The Bertz CT molecular complexity index is 1210. The molecule has 0 saturated heterocycles. The highest BCUT2D eigenvalue weighted by atomic mass is 35.5. The molecule has 4 rings (SSSR count). The van der Waals surface area contributed by atoms with E-state index < -0.39 is 5.79 Å². The third-order valence-corrected chi connectivity index (χ3v) is 4.98. The summed E-state index contributed by atoms with van der Waals surface area (Å²) in [5.41, 5.74) is 2.50. The van der Waals surface area contributed by atoms with Gasteiger partial charge in [0.05, 0.1) is 5.69 Å². The van der Waals surface area contributed by atoms with E-state index in [2.05, 4.69) is 4.99 Å². The molecule has 3 aromatic carbocycles. The number of rotatable bonds is 5. The molecule has 0 aromatic heterocycles. The van der Waals surface area contributed by atoms with E-state index >= 15 is 0 Å². The summed E-state index contributed by atoms with van der Waals surface area (Å²) in [5, 5.41) is 0.478. The summed E-state index contributed by atoms with van der Waals surface area (Å²) in [6, 6.07) is 24.0. The molecule has 4 nitrogen and oxygen atoms in total. The zero-order valence-electron chi connectivity index (χ0n) is 17.8. The zero-order chi connectivity index (χ0) is 22.6. The van der Waals surface area contributed by atoms with E-state index in [0.29, 0.717) is 33.4 Å². The second-order valence-corrected chi connectivity index (χ2v) is 8.12. The van der Waals surface area contributed by atoms with Crippen molar-refractivity contribution in [2.24, 2.45) is 4.99 Å². The average molecular weight is 444 g/mol. The van der Waals surface area contributed by atoms with Crippen LogP contribution < -0.4 is 0 Å². The van der Waals surface area contributed by atoms with Crippen LogP contribution in [0.3, 0.4) is 0 Å². The van der Waals surface area contributed by atoms with Crippen molar-refractivity contribution in [3.8, 4) is 0 Å². The van der Waals surface area contributed by atoms with Crippen molar-refractivity contribution in [1.82, 2.24) is 0 Å². The second kappa shape index (κ2) is 9.25. The van der Waals surface area contributed by atoms with Crippen LogP contribution in [-0.4, -0.2) is 17.8 Å². The van der Waals surface area contributed by atoms with E-state index in [1.165, 1.54) is 0 Å². The molecule has 0 unspecified atom stereocenters. The molecule has 3 aromatic rings. The standard InChI is InChI=1S/C27H22ClNO3/c1-27(2)31-22(18-25(32-27)19-9-5-3-6-10-19)15-16-29-24-14-13-21(28)17-23(24)26(30)20-11-7-4-8-12-20/h3-18H,1-2H3/b22-15+,29-16?. The van der Waals surface area contributed by atoms with Crippen LogP contribution in [-0.2, 0) is 9.47 Å². The number of hydrogen-bond donors (Lipinski definition) is 0. The molecule has 1 heterocycles. The maximum Gasteiger partial charge on any atom is 0.245 e. The molecule has 0 fully saturated rings. The van der Waals surface area contributed by atoms with Gasteiger partial charge in [-0.25, -0.2) is 0 Å². The number of ether oxygens (including phenoxy) is 2. The first-order valence-corrected chi connectivity index (χ1v) is 10.6. The van der Waals surface area contributed by atoms with E-state index in [9.17, 15) is 4.79 Å². The Morgan fingerprint density at radius 2 is 1.62 bits per heavy atom. The molecule has 0 N–H and O–H groups in total. The molecule has 0 bridgehead atoms. The quantitative estimate of drug-likeness (QED) is 0.315. The Morgan fingerprint density at radius 3 is 2.34 bits per heavy atom. The molecule has 160 valence electrons. The molecule has 0 radical (unpaired) electrons. The van der Waals surface area contributed by atoms with Crippen LogP contribution in [0.25, 0.3) is 5.76 Å². The Balaban J connectivity index is 1.64. The van der Waals surface area contributed by atoms with Gasteiger partial charge in [-0.3, -0.25) is 9.79 Å². The van der Waals surface area contributed by atoms with E-state index in [-0.39, 0.29) is 5.78 Å². The molecule has 0 atom stereocenters. The number of carbonyl (C=O) groups excluding carboxylic acids is 1. The van der Waals surface area contributed by atoms with Crippen molar-refractivity contribution in [2.45, 2.75) is 19.6 Å². The SMILES string of the molecule is CC1(C)OC(c2ccccc2)=C/C(=C\C=Nc2ccc(Cl)cc2C(=O)c2ccccc2)O1. The highest BCUT2D eigenvalue weighted by Gasteiger charge is 2.28. The van der Waals surface area contributed by atoms with Gasteiger partial charge in [-0.05, 0) is 24.3 Å². The number of ketones is 1. The van der Waals surface area contributed by atoms with Gasteiger partial charge in [-0.2, -0.15) is 0 Å². The van der Waals surface area contributed by atoms with Crippen molar-refractivity contribution in [3.05, 3.63) is 118 Å². The van der Waals surface area contributed by atoms with Crippen molar-refractivity contribution in [1.29, 1.82) is 0 Å². The molecular weight excluding hydrogens is 422 g/mol. The Morgan fingerprint density at radius 1 is 0.938 bits per heavy atom. The summed E-state index contributed by atoms with van der Waals surface area (Å²) < 4.78 is 11.9. The molecule has 1 aliphatic heterocycles. The van der Waals surface area contributed by atoms with Crippen molar-refractivity contribution in [2.75, 3.05) is 0 Å². The highest BCUT2D eigenvalue weighted by Crippen LogP contribution is 2.32. The van der Waals surface area contributed by atoms with Crippen LogP contribution in [0.2, 0.25) is 5.02 Å². The Labute approximate surface area is 192 Å². The number of nitrogens with zero attached hydrogens (tertiary/aromatic N) is 1. The van der Waals surface area contributed by atoms with Crippen molar-refractivity contribution >= 4 is 35.0 Å². The van der Waals surface area contributed by atoms with Crippen LogP contribution in [0, 0.1) is 0 Å². The third-order valence-electron chi connectivity index (χ3n) is 4.74. The second-order valence-electron chi connectivity index (χ2n) is 7.68. The molecule has 5 heteroatoms. The first kappa shape index (κ1) is 21.6. The summed E-state index contributed by atoms with van der Waals surface area (Å²) in [7, 11) is 0.